The fourth-order valence-electron chi connectivity index (χ4n) is 2.09. The van der Waals surface area contributed by atoms with Gasteiger partial charge in [-0.15, -0.1) is 0 Å². The van der Waals surface area contributed by atoms with E-state index in [1.165, 1.54) is 0 Å². The summed E-state index contributed by atoms with van der Waals surface area (Å²) >= 11 is 0. The number of nitrogen functional groups attached to an aromatic ring is 1. The number of hydrogen-bond donors (Lipinski definition) is 2. The van der Waals surface area contributed by atoms with Crippen molar-refractivity contribution in [3.8, 4) is 0 Å². The molecule has 1 unspecified atom stereocenters. The van der Waals surface area contributed by atoms with E-state index in [0.717, 1.165) is 18.1 Å². The van der Waals surface area contributed by atoms with Crippen LogP contribution in [0, 0.1) is 5.92 Å². The second-order valence-corrected chi connectivity index (χ2v) is 6.92. The average molecular weight is 279 g/mol. The Balaban J connectivity index is 3.10. The molecule has 0 aliphatic carbocycles. The van der Waals surface area contributed by atoms with Crippen molar-refractivity contribution in [3.63, 3.8) is 0 Å². The quantitative estimate of drug-likeness (QED) is 0.641. The summed E-state index contributed by atoms with van der Waals surface area (Å²) in [5.74, 6) is 8.55. The minimum absolute atomic E-state index is 0.107. The van der Waals surface area contributed by atoms with Gasteiger partial charge >= 0.3 is 0 Å². The van der Waals surface area contributed by atoms with E-state index in [1.807, 2.05) is 6.07 Å². The third kappa shape index (κ3) is 4.34. The van der Waals surface area contributed by atoms with Crippen molar-refractivity contribution in [2.45, 2.75) is 59.4 Å². The Hall–Kier alpha value is -1.36. The van der Waals surface area contributed by atoms with Crippen LogP contribution in [0.5, 0.6) is 0 Å². The van der Waals surface area contributed by atoms with E-state index < -0.39 is 0 Å². The molecule has 5 heteroatoms. The van der Waals surface area contributed by atoms with Crippen LogP contribution in [0.2, 0.25) is 0 Å². The molecule has 5 nitrogen and oxygen atoms in total. The highest BCUT2D eigenvalue weighted by Gasteiger charge is 2.21. The highest BCUT2D eigenvalue weighted by molar-refractivity contribution is 5.49. The first-order chi connectivity index (χ1) is 9.15. The van der Waals surface area contributed by atoms with Gasteiger partial charge in [-0.2, -0.15) is 0 Å². The van der Waals surface area contributed by atoms with Crippen molar-refractivity contribution in [3.05, 3.63) is 11.9 Å². The zero-order valence-corrected chi connectivity index (χ0v) is 13.9. The number of aromatic nitrogens is 2. The maximum absolute atomic E-state index is 5.53. The molecule has 1 atom stereocenters. The molecule has 0 spiro atoms. The topological polar surface area (TPSA) is 67.1 Å². The number of anilines is 2. The fourth-order valence-corrected chi connectivity index (χ4v) is 2.09. The molecule has 0 aliphatic rings. The molecule has 20 heavy (non-hydrogen) atoms. The second kappa shape index (κ2) is 6.39. The molecule has 1 aromatic rings. The molecule has 0 aliphatic heterocycles. The van der Waals surface area contributed by atoms with Gasteiger partial charge in [0.2, 0.25) is 0 Å². The monoisotopic (exact) mass is 279 g/mol. The van der Waals surface area contributed by atoms with Gasteiger partial charge in [0.05, 0.1) is 0 Å². The highest BCUT2D eigenvalue weighted by atomic mass is 15.3. The number of hydrazine groups is 1. The van der Waals surface area contributed by atoms with Crippen molar-refractivity contribution < 1.29 is 0 Å². The van der Waals surface area contributed by atoms with Crippen LogP contribution < -0.4 is 16.2 Å². The molecule has 0 saturated heterocycles. The average Bonchev–Trinajstić information content (AvgIpc) is 2.35. The van der Waals surface area contributed by atoms with Crippen molar-refractivity contribution >= 4 is 11.6 Å². The van der Waals surface area contributed by atoms with E-state index in [2.05, 4.69) is 63.9 Å². The molecule has 114 valence electrons. The Morgan fingerprint density at radius 2 is 1.85 bits per heavy atom. The van der Waals surface area contributed by atoms with Gasteiger partial charge in [-0.3, -0.25) is 0 Å². The SMILES string of the molecule is CC(C)CC(C)N(C)c1cc(NN)nc(C(C)(C)C)n1. The van der Waals surface area contributed by atoms with E-state index in [1.54, 1.807) is 0 Å². The molecule has 3 N–H and O–H groups in total. The van der Waals surface area contributed by atoms with Crippen LogP contribution in [0.4, 0.5) is 11.6 Å². The third-order valence-corrected chi connectivity index (χ3v) is 3.37. The summed E-state index contributed by atoms with van der Waals surface area (Å²) in [5.41, 5.74) is 2.53. The predicted molar refractivity (Wildman–Crippen MR) is 85.9 cm³/mol. The Kier molecular flexibility index (Phi) is 5.34. The van der Waals surface area contributed by atoms with E-state index >= 15 is 0 Å². The Morgan fingerprint density at radius 3 is 2.30 bits per heavy atom. The van der Waals surface area contributed by atoms with Gasteiger partial charge in [0, 0.05) is 24.6 Å². The third-order valence-electron chi connectivity index (χ3n) is 3.37. The molecule has 0 saturated carbocycles. The van der Waals surface area contributed by atoms with E-state index in [-0.39, 0.29) is 5.41 Å². The summed E-state index contributed by atoms with van der Waals surface area (Å²) in [6.07, 6.45) is 1.12. The van der Waals surface area contributed by atoms with Gasteiger partial charge in [0.25, 0.3) is 0 Å². The van der Waals surface area contributed by atoms with Crippen molar-refractivity contribution in [2.24, 2.45) is 11.8 Å². The fraction of sp³-hybridized carbons (Fsp3) is 0.733. The maximum Gasteiger partial charge on any atom is 0.145 e. The Labute approximate surface area is 123 Å². The number of nitrogens with two attached hydrogens (primary N) is 1. The summed E-state index contributed by atoms with van der Waals surface area (Å²) in [6, 6.07) is 2.31. The number of rotatable bonds is 5. The van der Waals surface area contributed by atoms with Crippen LogP contribution in [-0.2, 0) is 5.41 Å². The molecule has 0 fully saturated rings. The first-order valence-corrected chi connectivity index (χ1v) is 7.24. The van der Waals surface area contributed by atoms with Crippen LogP contribution in [0.1, 0.15) is 53.8 Å². The lowest BCUT2D eigenvalue weighted by atomic mass is 9.95. The summed E-state index contributed by atoms with van der Waals surface area (Å²) < 4.78 is 0. The van der Waals surface area contributed by atoms with Crippen molar-refractivity contribution in [2.75, 3.05) is 17.4 Å². The van der Waals surface area contributed by atoms with Gasteiger partial charge < -0.3 is 10.3 Å². The molecular formula is C15H29N5. The van der Waals surface area contributed by atoms with Crippen LogP contribution in [0.25, 0.3) is 0 Å². The summed E-state index contributed by atoms with van der Waals surface area (Å²) in [5, 5.41) is 0. The zero-order valence-electron chi connectivity index (χ0n) is 13.9. The summed E-state index contributed by atoms with van der Waals surface area (Å²) in [4.78, 5) is 11.3. The van der Waals surface area contributed by atoms with Gasteiger partial charge in [0.1, 0.15) is 17.5 Å². The smallest absolute Gasteiger partial charge is 0.145 e. The van der Waals surface area contributed by atoms with Crippen molar-refractivity contribution in [1.29, 1.82) is 0 Å². The normalized spacial score (nSPS) is 13.4. The molecule has 0 bridgehead atoms. The number of hydrogen-bond acceptors (Lipinski definition) is 5. The van der Waals surface area contributed by atoms with Gasteiger partial charge in [-0.1, -0.05) is 34.6 Å². The number of nitrogens with one attached hydrogen (secondary N) is 1. The minimum Gasteiger partial charge on any atom is -0.357 e. The van der Waals surface area contributed by atoms with Crippen LogP contribution in [0.15, 0.2) is 6.07 Å². The first kappa shape index (κ1) is 16.7. The molecular weight excluding hydrogens is 250 g/mol. The first-order valence-electron chi connectivity index (χ1n) is 7.24. The summed E-state index contributed by atoms with van der Waals surface area (Å²) in [7, 11) is 2.07. The highest BCUT2D eigenvalue weighted by Crippen LogP contribution is 2.25. The van der Waals surface area contributed by atoms with Crippen molar-refractivity contribution in [1.82, 2.24) is 9.97 Å². The maximum atomic E-state index is 5.53. The Morgan fingerprint density at radius 1 is 1.25 bits per heavy atom. The lowest BCUT2D eigenvalue weighted by Crippen LogP contribution is -2.32. The largest absolute Gasteiger partial charge is 0.357 e. The predicted octanol–water partition coefficient (Wildman–Crippen LogP) is 2.93. The molecule has 1 rings (SSSR count). The molecule has 0 amide bonds. The lowest BCUT2D eigenvalue weighted by molar-refractivity contribution is 0.498. The second-order valence-electron chi connectivity index (χ2n) is 6.92. The molecule has 1 aromatic heterocycles. The molecule has 1 heterocycles. The Bertz CT molecular complexity index is 436. The molecule has 0 radical (unpaired) electrons. The van der Waals surface area contributed by atoms with Crippen LogP contribution >= 0.6 is 0 Å². The number of nitrogens with zero attached hydrogens (tertiary/aromatic N) is 3. The standard InChI is InChI=1S/C15H29N5/c1-10(2)8-11(3)20(7)13-9-12(19-16)17-14(18-13)15(4,5)6/h9-11H,8,16H2,1-7H3,(H,17,18,19). The minimum atomic E-state index is -0.107. The van der Waals surface area contributed by atoms with Gasteiger partial charge in [-0.25, -0.2) is 15.8 Å². The lowest BCUT2D eigenvalue weighted by Gasteiger charge is -2.29. The van der Waals surface area contributed by atoms with E-state index in [9.17, 15) is 0 Å². The zero-order chi connectivity index (χ0) is 15.5. The van der Waals surface area contributed by atoms with Crippen LogP contribution in [0.3, 0.4) is 0 Å². The summed E-state index contributed by atoms with van der Waals surface area (Å²) in [6.45, 7) is 13.0. The van der Waals surface area contributed by atoms with E-state index in [4.69, 9.17) is 10.8 Å². The van der Waals surface area contributed by atoms with E-state index in [0.29, 0.717) is 17.8 Å². The molecule has 0 aromatic carbocycles. The van der Waals surface area contributed by atoms with Gasteiger partial charge in [-0.05, 0) is 19.3 Å². The van der Waals surface area contributed by atoms with Crippen LogP contribution in [-0.4, -0.2) is 23.1 Å². The van der Waals surface area contributed by atoms with Gasteiger partial charge in [0.15, 0.2) is 0 Å².